The van der Waals surface area contributed by atoms with Crippen LogP contribution in [-0.4, -0.2) is 71.8 Å². The molecule has 5 heteroatoms. The topological polar surface area (TPSA) is 43.9 Å². The number of rotatable bonds is 3. The molecule has 3 aliphatic rings. The minimum atomic E-state index is 0.0997. The van der Waals surface area contributed by atoms with Crippen molar-refractivity contribution >= 4 is 11.8 Å². The molecule has 27 heavy (non-hydrogen) atoms. The van der Waals surface area contributed by atoms with E-state index in [4.69, 9.17) is 0 Å². The maximum atomic E-state index is 13.0. The highest BCUT2D eigenvalue weighted by atomic mass is 16.2. The summed E-state index contributed by atoms with van der Waals surface area (Å²) in [5, 5.41) is 0. The second-order valence-electron chi connectivity index (χ2n) is 8.28. The van der Waals surface area contributed by atoms with Gasteiger partial charge in [-0.1, -0.05) is 31.0 Å². The summed E-state index contributed by atoms with van der Waals surface area (Å²) in [5.41, 5.74) is 0.749. The second kappa shape index (κ2) is 8.42. The monoisotopic (exact) mass is 369 g/mol. The zero-order valence-corrected chi connectivity index (χ0v) is 16.2. The molecule has 0 spiro atoms. The Kier molecular flexibility index (Phi) is 5.77. The predicted molar refractivity (Wildman–Crippen MR) is 105 cm³/mol. The third kappa shape index (κ3) is 4.18. The van der Waals surface area contributed by atoms with E-state index in [1.165, 1.54) is 32.1 Å². The van der Waals surface area contributed by atoms with Gasteiger partial charge >= 0.3 is 0 Å². The summed E-state index contributed by atoms with van der Waals surface area (Å²) in [6, 6.07) is 9.96. The molecule has 0 bridgehead atoms. The van der Waals surface area contributed by atoms with Gasteiger partial charge in [-0.3, -0.25) is 14.5 Å². The summed E-state index contributed by atoms with van der Waals surface area (Å²) >= 11 is 0. The highest BCUT2D eigenvalue weighted by Crippen LogP contribution is 2.35. The first-order valence-corrected chi connectivity index (χ1v) is 10.6. The third-order valence-electron chi connectivity index (χ3n) is 6.60. The Morgan fingerprint density at radius 3 is 2.33 bits per heavy atom. The van der Waals surface area contributed by atoms with Crippen LogP contribution < -0.4 is 0 Å². The molecule has 2 atom stereocenters. The number of nitrogens with zero attached hydrogens (tertiary/aromatic N) is 3. The van der Waals surface area contributed by atoms with E-state index >= 15 is 0 Å². The van der Waals surface area contributed by atoms with E-state index in [1.807, 2.05) is 35.2 Å². The third-order valence-corrected chi connectivity index (χ3v) is 6.60. The fraction of sp³-hybridized carbons (Fsp3) is 0.636. The van der Waals surface area contributed by atoms with E-state index in [0.717, 1.165) is 37.5 Å². The molecule has 0 radical (unpaired) electrons. The molecule has 3 fully saturated rings. The minimum absolute atomic E-state index is 0.0997. The van der Waals surface area contributed by atoms with Gasteiger partial charge in [-0.05, 0) is 43.7 Å². The molecule has 2 heterocycles. The first-order valence-electron chi connectivity index (χ1n) is 10.6. The van der Waals surface area contributed by atoms with E-state index in [9.17, 15) is 9.59 Å². The minimum Gasteiger partial charge on any atom is -0.338 e. The van der Waals surface area contributed by atoms with Crippen molar-refractivity contribution in [1.29, 1.82) is 0 Å². The summed E-state index contributed by atoms with van der Waals surface area (Å²) < 4.78 is 0. The second-order valence-corrected chi connectivity index (χ2v) is 8.28. The van der Waals surface area contributed by atoms with Crippen molar-refractivity contribution in [3.63, 3.8) is 0 Å². The van der Waals surface area contributed by atoms with Crippen LogP contribution >= 0.6 is 0 Å². The molecule has 5 nitrogen and oxygen atoms in total. The summed E-state index contributed by atoms with van der Waals surface area (Å²) in [6.45, 7) is 4.42. The van der Waals surface area contributed by atoms with Gasteiger partial charge in [-0.25, -0.2) is 0 Å². The number of hydrogen-bond donors (Lipinski definition) is 0. The van der Waals surface area contributed by atoms with Crippen molar-refractivity contribution < 1.29 is 9.59 Å². The Hall–Kier alpha value is -1.88. The average molecular weight is 370 g/mol. The number of hydrogen-bond acceptors (Lipinski definition) is 3. The highest BCUT2D eigenvalue weighted by molar-refractivity contribution is 5.94. The van der Waals surface area contributed by atoms with Crippen LogP contribution in [0.15, 0.2) is 30.3 Å². The Morgan fingerprint density at radius 2 is 1.56 bits per heavy atom. The molecular formula is C22H31N3O2. The van der Waals surface area contributed by atoms with Gasteiger partial charge in [0, 0.05) is 44.3 Å². The maximum absolute atomic E-state index is 13.0. The number of amides is 2. The van der Waals surface area contributed by atoms with E-state index < -0.39 is 0 Å². The van der Waals surface area contributed by atoms with Crippen LogP contribution in [0.3, 0.4) is 0 Å². The number of fused-ring (bicyclic) bond motifs is 1. The van der Waals surface area contributed by atoms with Gasteiger partial charge in [0.15, 0.2) is 0 Å². The number of benzene rings is 1. The zero-order chi connectivity index (χ0) is 18.6. The van der Waals surface area contributed by atoms with Crippen molar-refractivity contribution in [3.8, 4) is 0 Å². The molecule has 0 N–H and O–H groups in total. The van der Waals surface area contributed by atoms with Crippen molar-refractivity contribution in [2.45, 2.75) is 44.6 Å². The van der Waals surface area contributed by atoms with Crippen molar-refractivity contribution in [2.24, 2.45) is 5.92 Å². The van der Waals surface area contributed by atoms with Crippen molar-refractivity contribution in [2.75, 3.05) is 39.3 Å². The van der Waals surface area contributed by atoms with Gasteiger partial charge in [0.2, 0.25) is 5.91 Å². The molecule has 146 valence electrons. The first-order chi connectivity index (χ1) is 13.2. The Balaban J connectivity index is 1.29. The van der Waals surface area contributed by atoms with Gasteiger partial charge in [0.05, 0.1) is 6.54 Å². The zero-order valence-electron chi connectivity index (χ0n) is 16.2. The predicted octanol–water partition coefficient (Wildman–Crippen LogP) is 2.63. The Morgan fingerprint density at radius 1 is 0.852 bits per heavy atom. The normalized spacial score (nSPS) is 26.5. The van der Waals surface area contributed by atoms with Gasteiger partial charge in [0.1, 0.15) is 0 Å². The summed E-state index contributed by atoms with van der Waals surface area (Å²) in [4.78, 5) is 31.9. The fourth-order valence-electron chi connectivity index (χ4n) is 5.09. The molecule has 1 saturated carbocycles. The molecule has 1 aromatic carbocycles. The summed E-state index contributed by atoms with van der Waals surface area (Å²) in [7, 11) is 0. The molecule has 1 aromatic rings. The van der Waals surface area contributed by atoms with E-state index in [1.54, 1.807) is 0 Å². The molecule has 1 aliphatic carbocycles. The number of carbonyl (C=O) groups excluding carboxylic acids is 2. The number of carbonyl (C=O) groups is 2. The smallest absolute Gasteiger partial charge is 0.253 e. The summed E-state index contributed by atoms with van der Waals surface area (Å²) in [5.74, 6) is 1.13. The summed E-state index contributed by atoms with van der Waals surface area (Å²) in [6.07, 6.45) is 7.55. The van der Waals surface area contributed by atoms with Gasteiger partial charge in [-0.2, -0.15) is 0 Å². The number of likely N-dealkylation sites (tertiary alicyclic amines) is 1. The van der Waals surface area contributed by atoms with Crippen LogP contribution in [0.4, 0.5) is 0 Å². The molecule has 2 saturated heterocycles. The lowest BCUT2D eigenvalue weighted by atomic mass is 9.78. The van der Waals surface area contributed by atoms with Crippen LogP contribution in [0.25, 0.3) is 0 Å². The lowest BCUT2D eigenvalue weighted by molar-refractivity contribution is -0.139. The molecule has 2 amide bonds. The molecule has 0 aromatic heterocycles. The number of piperidine rings is 1. The average Bonchev–Trinajstić information content (AvgIpc) is 2.74. The van der Waals surface area contributed by atoms with E-state index in [2.05, 4.69) is 9.80 Å². The largest absolute Gasteiger partial charge is 0.338 e. The molecule has 4 rings (SSSR count). The van der Waals surface area contributed by atoms with Gasteiger partial charge < -0.3 is 9.80 Å². The van der Waals surface area contributed by atoms with Crippen molar-refractivity contribution in [1.82, 2.24) is 14.7 Å². The van der Waals surface area contributed by atoms with Crippen LogP contribution in [-0.2, 0) is 4.79 Å². The highest BCUT2D eigenvalue weighted by Gasteiger charge is 2.36. The number of piperazine rings is 1. The van der Waals surface area contributed by atoms with Crippen LogP contribution in [0.2, 0.25) is 0 Å². The Bertz CT molecular complexity index is 653. The molecule has 0 unspecified atom stereocenters. The molecule has 2 aliphatic heterocycles. The lowest BCUT2D eigenvalue weighted by Gasteiger charge is -2.45. The fourth-order valence-corrected chi connectivity index (χ4v) is 5.09. The SMILES string of the molecule is O=C(c1ccccc1)N1CCN(CC(=O)N2CCC[C@@H]3CCCC[C@H]32)CC1. The maximum Gasteiger partial charge on any atom is 0.253 e. The lowest BCUT2D eigenvalue weighted by Crippen LogP contribution is -2.55. The van der Waals surface area contributed by atoms with Gasteiger partial charge in [0.25, 0.3) is 5.91 Å². The van der Waals surface area contributed by atoms with Crippen LogP contribution in [0.5, 0.6) is 0 Å². The van der Waals surface area contributed by atoms with Crippen molar-refractivity contribution in [3.05, 3.63) is 35.9 Å². The van der Waals surface area contributed by atoms with E-state index in [-0.39, 0.29) is 5.91 Å². The van der Waals surface area contributed by atoms with Gasteiger partial charge in [-0.15, -0.1) is 0 Å². The van der Waals surface area contributed by atoms with E-state index in [0.29, 0.717) is 31.6 Å². The van der Waals surface area contributed by atoms with Crippen LogP contribution in [0, 0.1) is 5.92 Å². The quantitative estimate of drug-likeness (QED) is 0.823. The standard InChI is InChI=1S/C22H31N3O2/c26-21(25-12-6-10-18-7-4-5-11-20(18)25)17-23-13-15-24(16-14-23)22(27)19-8-2-1-3-9-19/h1-3,8-9,18,20H,4-7,10-17H2/t18-,20+/m0/s1. The first kappa shape index (κ1) is 18.5. The molecular weight excluding hydrogens is 338 g/mol. The van der Waals surface area contributed by atoms with Crippen LogP contribution in [0.1, 0.15) is 48.9 Å². The Labute approximate surface area is 162 Å².